The van der Waals surface area contributed by atoms with E-state index < -0.39 is 0 Å². The molecule has 0 bridgehead atoms. The summed E-state index contributed by atoms with van der Waals surface area (Å²) in [5, 5.41) is 11.6. The number of nitrogens with one attached hydrogen (secondary N) is 3. The van der Waals surface area contributed by atoms with Crippen LogP contribution in [-0.2, 0) is 11.8 Å². The molecule has 5 aromatic rings. The number of para-hydroxylation sites is 1. The molecule has 0 saturated carbocycles. The van der Waals surface area contributed by atoms with Crippen molar-refractivity contribution >= 4 is 40.2 Å². The molecule has 2 amide bonds. The third-order valence-electron chi connectivity index (χ3n) is 7.70. The largest absolute Gasteiger partial charge is 0.459 e. The molecular weight excluding hydrogens is 574 g/mol. The molecule has 0 radical (unpaired) electrons. The Kier molecular flexibility index (Phi) is 8.13. The van der Waals surface area contributed by atoms with Crippen LogP contribution in [0.3, 0.4) is 0 Å². The molecule has 1 unspecified atom stereocenters. The zero-order chi connectivity index (χ0) is 31.7. The lowest BCUT2D eigenvalue weighted by Gasteiger charge is -2.16. The normalized spacial score (nSPS) is 14.9. The van der Waals surface area contributed by atoms with Gasteiger partial charge in [-0.25, -0.2) is 15.0 Å². The minimum atomic E-state index is -0.221. The first kappa shape index (κ1) is 29.7. The van der Waals surface area contributed by atoms with Crippen molar-refractivity contribution in [3.8, 4) is 17.3 Å². The molecule has 4 aromatic heterocycles. The van der Waals surface area contributed by atoms with E-state index in [4.69, 9.17) is 9.72 Å². The van der Waals surface area contributed by atoms with Gasteiger partial charge in [-0.05, 0) is 38.0 Å². The number of hydrogen-bond acceptors (Lipinski definition) is 10. The number of ether oxygens (including phenoxy) is 1. The van der Waals surface area contributed by atoms with Gasteiger partial charge in [0.05, 0.1) is 23.4 Å². The van der Waals surface area contributed by atoms with E-state index in [9.17, 15) is 9.59 Å². The molecule has 14 heteroatoms. The second-order valence-electron chi connectivity index (χ2n) is 11.3. The summed E-state index contributed by atoms with van der Waals surface area (Å²) in [5.41, 5.74) is 5.37. The highest BCUT2D eigenvalue weighted by atomic mass is 16.5. The fourth-order valence-electron chi connectivity index (χ4n) is 5.29. The second kappa shape index (κ2) is 12.3. The van der Waals surface area contributed by atoms with Crippen LogP contribution < -0.4 is 15.4 Å². The molecule has 6 rings (SSSR count). The van der Waals surface area contributed by atoms with Crippen molar-refractivity contribution in [1.82, 2.24) is 44.5 Å². The molecule has 45 heavy (non-hydrogen) atoms. The van der Waals surface area contributed by atoms with Crippen molar-refractivity contribution in [2.24, 2.45) is 7.05 Å². The SMILES string of the molecule is Cc1cnc(Nc2cc(C)n(C)n2)nc1-c1c[nH]c2c(NC(=O)CN3CCC(Oc4nccc(C(=O)N(C)C)n4)C3)cccc12. The smallest absolute Gasteiger partial charge is 0.317 e. The summed E-state index contributed by atoms with van der Waals surface area (Å²) < 4.78 is 7.73. The minimum Gasteiger partial charge on any atom is -0.459 e. The van der Waals surface area contributed by atoms with E-state index in [-0.39, 0.29) is 36.2 Å². The van der Waals surface area contributed by atoms with E-state index in [2.05, 4.69) is 35.7 Å². The van der Waals surface area contributed by atoms with Gasteiger partial charge in [0.1, 0.15) is 11.8 Å². The number of H-pyrrole nitrogens is 1. The van der Waals surface area contributed by atoms with Crippen molar-refractivity contribution < 1.29 is 14.3 Å². The molecule has 1 fully saturated rings. The van der Waals surface area contributed by atoms with E-state index in [0.29, 0.717) is 37.0 Å². The molecule has 232 valence electrons. The topological polar surface area (TPSA) is 159 Å². The Labute approximate surface area is 259 Å². The Morgan fingerprint density at radius 1 is 1.16 bits per heavy atom. The highest BCUT2D eigenvalue weighted by molar-refractivity contribution is 6.06. The number of rotatable bonds is 9. The van der Waals surface area contributed by atoms with Crippen LogP contribution in [0.4, 0.5) is 17.5 Å². The maximum absolute atomic E-state index is 13.1. The number of carbonyl (C=O) groups is 2. The summed E-state index contributed by atoms with van der Waals surface area (Å²) >= 11 is 0. The number of hydrogen-bond donors (Lipinski definition) is 3. The number of amides is 2. The number of aryl methyl sites for hydroxylation is 3. The zero-order valence-corrected chi connectivity index (χ0v) is 25.8. The molecule has 1 atom stereocenters. The van der Waals surface area contributed by atoms with Crippen LogP contribution in [0.5, 0.6) is 6.01 Å². The number of likely N-dealkylation sites (tertiary alicyclic amines) is 1. The Bertz CT molecular complexity index is 1860. The molecule has 1 aliphatic rings. The van der Waals surface area contributed by atoms with Crippen LogP contribution >= 0.6 is 0 Å². The van der Waals surface area contributed by atoms with Gasteiger partial charge in [-0.3, -0.25) is 19.2 Å². The second-order valence-corrected chi connectivity index (χ2v) is 11.3. The van der Waals surface area contributed by atoms with Crippen molar-refractivity contribution in [2.75, 3.05) is 44.4 Å². The quantitative estimate of drug-likeness (QED) is 0.226. The predicted octanol–water partition coefficient (Wildman–Crippen LogP) is 3.30. The summed E-state index contributed by atoms with van der Waals surface area (Å²) in [5.74, 6) is 0.760. The number of fused-ring (bicyclic) bond motifs is 1. The Hall–Kier alpha value is -5.37. The van der Waals surface area contributed by atoms with E-state index in [0.717, 1.165) is 33.4 Å². The summed E-state index contributed by atoms with van der Waals surface area (Å²) in [7, 11) is 5.21. The van der Waals surface area contributed by atoms with Gasteiger partial charge in [0.15, 0.2) is 5.82 Å². The van der Waals surface area contributed by atoms with Crippen LogP contribution in [0, 0.1) is 13.8 Å². The lowest BCUT2D eigenvalue weighted by atomic mass is 10.1. The molecule has 3 N–H and O–H groups in total. The Balaban J connectivity index is 1.11. The summed E-state index contributed by atoms with van der Waals surface area (Å²) in [6.45, 7) is 5.38. The maximum atomic E-state index is 13.1. The summed E-state index contributed by atoms with van der Waals surface area (Å²) in [6, 6.07) is 9.43. The fourth-order valence-corrected chi connectivity index (χ4v) is 5.29. The van der Waals surface area contributed by atoms with Gasteiger partial charge in [-0.1, -0.05) is 12.1 Å². The third-order valence-corrected chi connectivity index (χ3v) is 7.70. The van der Waals surface area contributed by atoms with Crippen molar-refractivity contribution in [3.05, 3.63) is 65.9 Å². The molecular formula is C31H35N11O3. The molecule has 0 aliphatic carbocycles. The Morgan fingerprint density at radius 2 is 2.00 bits per heavy atom. The van der Waals surface area contributed by atoms with Crippen molar-refractivity contribution in [1.29, 1.82) is 0 Å². The van der Waals surface area contributed by atoms with E-state index in [1.165, 1.54) is 11.1 Å². The molecule has 1 aromatic carbocycles. The summed E-state index contributed by atoms with van der Waals surface area (Å²) in [4.78, 5) is 49.8. The number of nitrogens with zero attached hydrogens (tertiary/aromatic N) is 8. The van der Waals surface area contributed by atoms with Crippen molar-refractivity contribution in [2.45, 2.75) is 26.4 Å². The first-order chi connectivity index (χ1) is 21.6. The van der Waals surface area contributed by atoms with Gasteiger partial charge >= 0.3 is 6.01 Å². The monoisotopic (exact) mass is 609 g/mol. The van der Waals surface area contributed by atoms with Gasteiger partial charge in [0.25, 0.3) is 5.91 Å². The molecule has 1 aliphatic heterocycles. The first-order valence-corrected chi connectivity index (χ1v) is 14.6. The highest BCUT2D eigenvalue weighted by Crippen LogP contribution is 2.33. The highest BCUT2D eigenvalue weighted by Gasteiger charge is 2.27. The standard InChI is InChI=1S/C31H35N11O3/c1-18-14-34-30(37-25-13-19(2)41(5)39-25)38-27(18)22-15-33-28-21(22)7-6-8-23(28)35-26(43)17-42-12-10-20(16-42)45-31-32-11-9-24(36-31)29(44)40(3)4/h6-9,11,13-15,20,33H,10,12,16-17H2,1-5H3,(H,35,43)(H,34,37,38,39). The average molecular weight is 610 g/mol. The molecule has 0 spiro atoms. The van der Waals surface area contributed by atoms with E-state index >= 15 is 0 Å². The number of aromatic amines is 1. The number of anilines is 3. The van der Waals surface area contributed by atoms with Gasteiger partial charge in [0, 0.05) is 75.5 Å². The lowest BCUT2D eigenvalue weighted by molar-refractivity contribution is -0.117. The van der Waals surface area contributed by atoms with E-state index in [1.807, 2.05) is 56.3 Å². The van der Waals surface area contributed by atoms with Crippen LogP contribution in [0.15, 0.2) is 48.9 Å². The van der Waals surface area contributed by atoms with Crippen LogP contribution in [0.25, 0.3) is 22.2 Å². The van der Waals surface area contributed by atoms with Gasteiger partial charge in [-0.15, -0.1) is 0 Å². The van der Waals surface area contributed by atoms with Crippen molar-refractivity contribution in [3.63, 3.8) is 0 Å². The van der Waals surface area contributed by atoms with Crippen LogP contribution in [0.2, 0.25) is 0 Å². The Morgan fingerprint density at radius 3 is 2.78 bits per heavy atom. The first-order valence-electron chi connectivity index (χ1n) is 14.6. The fraction of sp³-hybridized carbons (Fsp3) is 0.323. The zero-order valence-electron chi connectivity index (χ0n) is 25.8. The third kappa shape index (κ3) is 6.45. The lowest BCUT2D eigenvalue weighted by Crippen LogP contribution is -2.33. The van der Waals surface area contributed by atoms with Gasteiger partial charge in [0.2, 0.25) is 11.9 Å². The van der Waals surface area contributed by atoms with Crippen LogP contribution in [-0.4, -0.2) is 96.1 Å². The number of benzene rings is 1. The van der Waals surface area contributed by atoms with Gasteiger partial charge < -0.3 is 25.3 Å². The predicted molar refractivity (Wildman–Crippen MR) is 169 cm³/mol. The maximum Gasteiger partial charge on any atom is 0.317 e. The molecule has 5 heterocycles. The minimum absolute atomic E-state index is 0.135. The number of carbonyl (C=O) groups excluding carboxylic acids is 2. The summed E-state index contributed by atoms with van der Waals surface area (Å²) in [6.07, 6.45) is 5.72. The molecule has 14 nitrogen and oxygen atoms in total. The average Bonchev–Trinajstić information content (AvgIpc) is 3.72. The van der Waals surface area contributed by atoms with Crippen LogP contribution in [0.1, 0.15) is 28.2 Å². The number of aromatic nitrogens is 7. The molecule has 1 saturated heterocycles. The van der Waals surface area contributed by atoms with E-state index in [1.54, 1.807) is 31.0 Å². The van der Waals surface area contributed by atoms with Gasteiger partial charge in [-0.2, -0.15) is 10.1 Å².